The molecule has 28 heavy (non-hydrogen) atoms. The molecule has 3 aromatic rings. The van der Waals surface area contributed by atoms with Crippen LogP contribution in [0.15, 0.2) is 54.6 Å². The number of ether oxygens (including phenoxy) is 1. The van der Waals surface area contributed by atoms with Crippen LogP contribution in [0.2, 0.25) is 0 Å². The molecule has 6 nitrogen and oxygen atoms in total. The van der Waals surface area contributed by atoms with E-state index in [1.807, 2.05) is 54.6 Å². The number of hydrogen-bond acceptors (Lipinski definition) is 4. The molecule has 0 saturated heterocycles. The largest absolute Gasteiger partial charge is 0.367 e. The van der Waals surface area contributed by atoms with Gasteiger partial charge in [0.1, 0.15) is 5.82 Å². The van der Waals surface area contributed by atoms with Crippen molar-refractivity contribution in [2.45, 2.75) is 38.3 Å². The van der Waals surface area contributed by atoms with Crippen LogP contribution in [0, 0.1) is 0 Å². The minimum Gasteiger partial charge on any atom is -0.367 e. The van der Waals surface area contributed by atoms with E-state index in [9.17, 15) is 4.79 Å². The first-order valence-electron chi connectivity index (χ1n) is 9.67. The zero-order valence-corrected chi connectivity index (χ0v) is 16.0. The minimum atomic E-state index is -0.658. The van der Waals surface area contributed by atoms with E-state index in [0.717, 1.165) is 48.6 Å². The molecule has 144 valence electrons. The van der Waals surface area contributed by atoms with Crippen LogP contribution >= 0.6 is 0 Å². The Hall–Kier alpha value is -2.99. The summed E-state index contributed by atoms with van der Waals surface area (Å²) in [6.07, 6.45) is 3.83. The Kier molecular flexibility index (Phi) is 5.48. The first kappa shape index (κ1) is 18.4. The van der Waals surface area contributed by atoms with Gasteiger partial charge in [-0.15, -0.1) is 10.2 Å². The summed E-state index contributed by atoms with van der Waals surface area (Å²) < 4.78 is 7.63. The van der Waals surface area contributed by atoms with Crippen LogP contribution in [0.4, 0.5) is 5.69 Å². The lowest BCUT2D eigenvalue weighted by Crippen LogP contribution is -2.22. The number of hydrogen-bond donors (Lipinski definition) is 1. The highest BCUT2D eigenvalue weighted by atomic mass is 16.5. The van der Waals surface area contributed by atoms with E-state index < -0.39 is 6.10 Å². The fourth-order valence-corrected chi connectivity index (χ4v) is 3.66. The molecule has 0 bridgehead atoms. The maximum absolute atomic E-state index is 12.8. The molecule has 1 aliphatic heterocycles. The van der Waals surface area contributed by atoms with E-state index in [1.165, 1.54) is 6.42 Å². The van der Waals surface area contributed by atoms with Crippen molar-refractivity contribution >= 4 is 11.6 Å². The molecule has 0 fully saturated rings. The summed E-state index contributed by atoms with van der Waals surface area (Å²) in [5, 5.41) is 11.7. The highest BCUT2D eigenvalue weighted by Gasteiger charge is 2.21. The van der Waals surface area contributed by atoms with Gasteiger partial charge < -0.3 is 14.6 Å². The van der Waals surface area contributed by atoms with Crippen molar-refractivity contribution in [1.82, 2.24) is 14.8 Å². The third-order valence-corrected chi connectivity index (χ3v) is 5.07. The Morgan fingerprint density at radius 3 is 2.75 bits per heavy atom. The summed E-state index contributed by atoms with van der Waals surface area (Å²) in [6, 6.07) is 17.2. The second-order valence-electron chi connectivity index (χ2n) is 7.00. The lowest BCUT2D eigenvalue weighted by Gasteiger charge is -2.16. The topological polar surface area (TPSA) is 69.0 Å². The molecule has 2 heterocycles. The van der Waals surface area contributed by atoms with Crippen molar-refractivity contribution in [2.24, 2.45) is 0 Å². The predicted molar refractivity (Wildman–Crippen MR) is 108 cm³/mol. The lowest BCUT2D eigenvalue weighted by molar-refractivity contribution is -0.126. The number of carbonyl (C=O) groups is 1. The molecule has 1 N–H and O–H groups in total. The third-order valence-electron chi connectivity index (χ3n) is 5.07. The summed E-state index contributed by atoms with van der Waals surface area (Å²) in [6.45, 7) is 0.939. The lowest BCUT2D eigenvalue weighted by atomic mass is 10.1. The Labute approximate surface area is 164 Å². The van der Waals surface area contributed by atoms with E-state index in [2.05, 4.69) is 20.1 Å². The Morgan fingerprint density at radius 1 is 1.07 bits per heavy atom. The maximum atomic E-state index is 12.8. The first-order valence-corrected chi connectivity index (χ1v) is 9.67. The fourth-order valence-electron chi connectivity index (χ4n) is 3.66. The maximum Gasteiger partial charge on any atom is 0.258 e. The van der Waals surface area contributed by atoms with Gasteiger partial charge in [0.05, 0.1) is 0 Å². The molecule has 1 aliphatic rings. The molecule has 6 heteroatoms. The Morgan fingerprint density at radius 2 is 1.93 bits per heavy atom. The number of methoxy groups -OCH3 is 1. The molecular weight excluding hydrogens is 352 g/mol. The molecule has 1 aromatic heterocycles. The molecule has 1 atom stereocenters. The predicted octanol–water partition coefficient (Wildman–Crippen LogP) is 4.00. The van der Waals surface area contributed by atoms with E-state index in [1.54, 1.807) is 7.11 Å². The van der Waals surface area contributed by atoms with Crippen molar-refractivity contribution in [3.05, 3.63) is 66.0 Å². The molecule has 0 saturated carbocycles. The van der Waals surface area contributed by atoms with Gasteiger partial charge in [-0.25, -0.2) is 0 Å². The molecular formula is C22H24N4O2. The summed E-state index contributed by atoms with van der Waals surface area (Å²) in [5.74, 6) is 1.70. The number of anilines is 1. The average molecular weight is 376 g/mol. The van der Waals surface area contributed by atoms with Gasteiger partial charge in [-0.2, -0.15) is 0 Å². The van der Waals surface area contributed by atoms with Crippen molar-refractivity contribution in [1.29, 1.82) is 0 Å². The van der Waals surface area contributed by atoms with Crippen molar-refractivity contribution < 1.29 is 9.53 Å². The number of fused-ring (bicyclic) bond motifs is 1. The number of benzene rings is 2. The number of carbonyl (C=O) groups excluding carboxylic acids is 1. The van der Waals surface area contributed by atoms with Crippen LogP contribution in [0.1, 0.15) is 36.8 Å². The van der Waals surface area contributed by atoms with Crippen LogP contribution in [0.5, 0.6) is 0 Å². The number of aromatic nitrogens is 3. The van der Waals surface area contributed by atoms with Gasteiger partial charge in [0.2, 0.25) is 0 Å². The zero-order valence-electron chi connectivity index (χ0n) is 16.0. The fraction of sp³-hybridized carbons (Fsp3) is 0.318. The van der Waals surface area contributed by atoms with Gasteiger partial charge in [0, 0.05) is 31.3 Å². The molecule has 2 aromatic carbocycles. The summed E-state index contributed by atoms with van der Waals surface area (Å²) >= 11 is 0. The number of aryl methyl sites for hydroxylation is 1. The van der Waals surface area contributed by atoms with Gasteiger partial charge in [-0.3, -0.25) is 4.79 Å². The van der Waals surface area contributed by atoms with Crippen molar-refractivity contribution in [3.63, 3.8) is 0 Å². The molecule has 1 amide bonds. The van der Waals surface area contributed by atoms with Crippen LogP contribution in [-0.2, 0) is 22.5 Å². The number of nitrogens with zero attached hydrogens (tertiary/aromatic N) is 3. The van der Waals surface area contributed by atoms with E-state index in [-0.39, 0.29) is 5.91 Å². The van der Waals surface area contributed by atoms with Crippen molar-refractivity contribution in [3.8, 4) is 11.4 Å². The van der Waals surface area contributed by atoms with Crippen LogP contribution in [-0.4, -0.2) is 27.8 Å². The molecule has 0 aliphatic carbocycles. The highest BCUT2D eigenvalue weighted by Crippen LogP contribution is 2.26. The molecule has 0 spiro atoms. The van der Waals surface area contributed by atoms with Crippen LogP contribution < -0.4 is 5.32 Å². The zero-order chi connectivity index (χ0) is 19.3. The molecule has 0 radical (unpaired) electrons. The van der Waals surface area contributed by atoms with E-state index in [4.69, 9.17) is 4.74 Å². The number of rotatable bonds is 5. The van der Waals surface area contributed by atoms with Gasteiger partial charge in [-0.1, -0.05) is 48.9 Å². The summed E-state index contributed by atoms with van der Waals surface area (Å²) in [5.41, 5.74) is 2.49. The molecule has 1 unspecified atom stereocenters. The highest BCUT2D eigenvalue weighted by molar-refractivity contribution is 5.95. The Balaban J connectivity index is 1.56. The number of amides is 1. The van der Waals surface area contributed by atoms with Gasteiger partial charge in [-0.05, 0) is 30.5 Å². The average Bonchev–Trinajstić information content (AvgIpc) is 2.98. The quantitative estimate of drug-likeness (QED) is 0.731. The number of nitrogens with one attached hydrogen (secondary N) is 1. The van der Waals surface area contributed by atoms with Crippen LogP contribution in [0.25, 0.3) is 11.4 Å². The smallest absolute Gasteiger partial charge is 0.258 e. The Bertz CT molecular complexity index is 952. The van der Waals surface area contributed by atoms with Crippen molar-refractivity contribution in [2.75, 3.05) is 12.4 Å². The normalized spacial score (nSPS) is 14.8. The van der Waals surface area contributed by atoms with Crippen LogP contribution in [0.3, 0.4) is 0 Å². The van der Waals surface area contributed by atoms with Gasteiger partial charge in [0.25, 0.3) is 5.91 Å². The summed E-state index contributed by atoms with van der Waals surface area (Å²) in [7, 11) is 1.54. The molecule has 4 rings (SSSR count). The third kappa shape index (κ3) is 3.82. The SMILES string of the molecule is COC(C(=O)Nc1cccc(-c2nnc3n2CCCCC3)c1)c1ccccc1. The summed E-state index contributed by atoms with van der Waals surface area (Å²) in [4.78, 5) is 12.8. The minimum absolute atomic E-state index is 0.203. The van der Waals surface area contributed by atoms with E-state index in [0.29, 0.717) is 5.69 Å². The van der Waals surface area contributed by atoms with Gasteiger partial charge in [0.15, 0.2) is 11.9 Å². The second kappa shape index (κ2) is 8.35. The standard InChI is InChI=1S/C22H24N4O2/c1-28-20(16-9-4-2-5-10-16)22(27)23-18-12-8-11-17(15-18)21-25-24-19-13-6-3-7-14-26(19)21/h2,4-5,8-12,15,20H,3,6-7,13-14H2,1H3,(H,23,27). The van der Waals surface area contributed by atoms with E-state index >= 15 is 0 Å². The van der Waals surface area contributed by atoms with Gasteiger partial charge >= 0.3 is 0 Å². The second-order valence-corrected chi connectivity index (χ2v) is 7.00. The monoisotopic (exact) mass is 376 g/mol. The first-order chi connectivity index (χ1) is 13.8.